The molecule has 0 aromatic heterocycles. The zero-order valence-corrected chi connectivity index (χ0v) is 12.0. The summed E-state index contributed by atoms with van der Waals surface area (Å²) in [6, 6.07) is 0. The van der Waals surface area contributed by atoms with E-state index >= 15 is 0 Å². The van der Waals surface area contributed by atoms with Crippen LogP contribution in [0.2, 0.25) is 0 Å². The van der Waals surface area contributed by atoms with Crippen molar-refractivity contribution >= 4 is 5.97 Å². The lowest BCUT2D eigenvalue weighted by molar-refractivity contribution is -0.153. The highest BCUT2D eigenvalue weighted by Crippen LogP contribution is 2.24. The number of piperidine rings is 1. The molecule has 0 aromatic carbocycles. The Morgan fingerprint density at radius 1 is 1.21 bits per heavy atom. The van der Waals surface area contributed by atoms with Crippen LogP contribution in [0.3, 0.4) is 0 Å². The molecule has 2 fully saturated rings. The molecule has 1 saturated heterocycles. The van der Waals surface area contributed by atoms with Gasteiger partial charge in [0.05, 0.1) is 6.10 Å². The molecule has 0 radical (unpaired) electrons. The molecule has 3 atom stereocenters. The average molecular weight is 269 g/mol. The Morgan fingerprint density at radius 2 is 2.05 bits per heavy atom. The van der Waals surface area contributed by atoms with Crippen LogP contribution in [0, 0.1) is 5.92 Å². The Morgan fingerprint density at radius 3 is 2.79 bits per heavy atom. The van der Waals surface area contributed by atoms with Gasteiger partial charge in [-0.15, -0.1) is 0 Å². The number of hydrogen-bond donors (Lipinski definition) is 1. The molecule has 1 aliphatic heterocycles. The Bertz CT molecular complexity index is 277. The quantitative estimate of drug-likeness (QED) is 0.778. The average Bonchev–Trinajstić information content (AvgIpc) is 2.46. The maximum atomic E-state index is 11.9. The van der Waals surface area contributed by atoms with Crippen molar-refractivity contribution in [2.45, 2.75) is 63.6 Å². The molecule has 2 rings (SSSR count). The lowest BCUT2D eigenvalue weighted by Gasteiger charge is -2.28. The molecule has 2 aliphatic rings. The first-order chi connectivity index (χ1) is 9.28. The number of hydrogen-bond acceptors (Lipinski definition) is 4. The van der Waals surface area contributed by atoms with Crippen LogP contribution in [-0.4, -0.2) is 38.4 Å². The maximum Gasteiger partial charge on any atom is 0.306 e. The molecule has 4 heteroatoms. The van der Waals surface area contributed by atoms with Gasteiger partial charge in [-0.05, 0) is 57.5 Å². The minimum absolute atomic E-state index is 0.0210. The van der Waals surface area contributed by atoms with Gasteiger partial charge in [-0.25, -0.2) is 0 Å². The first-order valence-corrected chi connectivity index (χ1v) is 7.71. The van der Waals surface area contributed by atoms with E-state index in [4.69, 9.17) is 9.47 Å². The van der Waals surface area contributed by atoms with Crippen LogP contribution in [0.1, 0.15) is 51.4 Å². The molecule has 0 spiro atoms. The zero-order valence-electron chi connectivity index (χ0n) is 12.0. The maximum absolute atomic E-state index is 11.9. The number of nitrogens with one attached hydrogen (secondary N) is 1. The van der Waals surface area contributed by atoms with Crippen molar-refractivity contribution in [1.29, 1.82) is 0 Å². The number of rotatable bonds is 5. The van der Waals surface area contributed by atoms with E-state index in [0.29, 0.717) is 12.3 Å². The second kappa shape index (κ2) is 7.85. The molecule has 0 aromatic rings. The summed E-state index contributed by atoms with van der Waals surface area (Å²) in [4.78, 5) is 11.9. The molecule has 4 nitrogen and oxygen atoms in total. The number of methoxy groups -OCH3 is 1. The Labute approximate surface area is 116 Å². The van der Waals surface area contributed by atoms with Crippen molar-refractivity contribution in [3.05, 3.63) is 0 Å². The predicted molar refractivity (Wildman–Crippen MR) is 74.0 cm³/mol. The van der Waals surface area contributed by atoms with Crippen LogP contribution >= 0.6 is 0 Å². The highest BCUT2D eigenvalue weighted by molar-refractivity contribution is 5.69. The van der Waals surface area contributed by atoms with E-state index in [9.17, 15) is 4.79 Å². The van der Waals surface area contributed by atoms with Gasteiger partial charge >= 0.3 is 5.97 Å². The van der Waals surface area contributed by atoms with Gasteiger partial charge in [0.2, 0.25) is 0 Å². The molecule has 110 valence electrons. The first kappa shape index (κ1) is 14.8. The smallest absolute Gasteiger partial charge is 0.306 e. The summed E-state index contributed by atoms with van der Waals surface area (Å²) in [5.41, 5.74) is 0. The van der Waals surface area contributed by atoms with Crippen LogP contribution in [0.5, 0.6) is 0 Å². The summed E-state index contributed by atoms with van der Waals surface area (Å²) in [6.45, 7) is 2.18. The van der Waals surface area contributed by atoms with Gasteiger partial charge in [0.15, 0.2) is 0 Å². The fraction of sp³-hybridized carbons (Fsp3) is 0.933. The Kier molecular flexibility index (Phi) is 6.11. The minimum Gasteiger partial charge on any atom is -0.462 e. The van der Waals surface area contributed by atoms with Gasteiger partial charge in [-0.3, -0.25) is 4.79 Å². The summed E-state index contributed by atoms with van der Waals surface area (Å²) >= 11 is 0. The van der Waals surface area contributed by atoms with E-state index in [-0.39, 0.29) is 18.2 Å². The second-order valence-corrected chi connectivity index (χ2v) is 5.89. The van der Waals surface area contributed by atoms with Gasteiger partial charge in [-0.2, -0.15) is 0 Å². The minimum atomic E-state index is -0.0210. The second-order valence-electron chi connectivity index (χ2n) is 5.89. The Balaban J connectivity index is 1.63. The highest BCUT2D eigenvalue weighted by Gasteiger charge is 2.25. The van der Waals surface area contributed by atoms with Gasteiger partial charge in [0.25, 0.3) is 0 Å². The fourth-order valence-electron chi connectivity index (χ4n) is 3.16. The lowest BCUT2D eigenvalue weighted by atomic mass is 9.94. The predicted octanol–water partition coefficient (Wildman–Crippen LogP) is 2.27. The van der Waals surface area contributed by atoms with E-state index in [1.54, 1.807) is 7.11 Å². The molecule has 3 unspecified atom stereocenters. The largest absolute Gasteiger partial charge is 0.462 e. The molecule has 1 N–H and O–H groups in total. The topological polar surface area (TPSA) is 47.6 Å². The van der Waals surface area contributed by atoms with E-state index in [2.05, 4.69) is 5.32 Å². The molecular weight excluding hydrogens is 242 g/mol. The van der Waals surface area contributed by atoms with Crippen molar-refractivity contribution in [2.24, 2.45) is 5.92 Å². The number of ether oxygens (including phenoxy) is 2. The van der Waals surface area contributed by atoms with Gasteiger partial charge in [0.1, 0.15) is 6.10 Å². The standard InChI is InChI=1S/C15H27NO3/c1-18-13-5-2-6-14(10-13)19-15(17)8-7-12-4-3-9-16-11-12/h12-14,16H,2-11H2,1H3. The number of carbonyl (C=O) groups is 1. The normalized spacial score (nSPS) is 31.9. The van der Waals surface area contributed by atoms with E-state index in [1.165, 1.54) is 12.8 Å². The Hall–Kier alpha value is -0.610. The first-order valence-electron chi connectivity index (χ1n) is 7.71. The molecule has 0 amide bonds. The van der Waals surface area contributed by atoms with Crippen molar-refractivity contribution in [3.63, 3.8) is 0 Å². The summed E-state index contributed by atoms with van der Waals surface area (Å²) in [5.74, 6) is 0.631. The third-order valence-corrected chi connectivity index (χ3v) is 4.37. The SMILES string of the molecule is COC1CCCC(OC(=O)CCC2CCCNC2)C1. The lowest BCUT2D eigenvalue weighted by Crippen LogP contribution is -2.31. The highest BCUT2D eigenvalue weighted by atomic mass is 16.5. The fourth-order valence-corrected chi connectivity index (χ4v) is 3.16. The molecule has 0 bridgehead atoms. The van der Waals surface area contributed by atoms with E-state index in [1.807, 2.05) is 0 Å². The van der Waals surface area contributed by atoms with Crippen LogP contribution in [0.4, 0.5) is 0 Å². The summed E-state index contributed by atoms with van der Waals surface area (Å²) < 4.78 is 10.9. The van der Waals surface area contributed by atoms with Crippen LogP contribution in [0.25, 0.3) is 0 Å². The molecule has 1 saturated carbocycles. The van der Waals surface area contributed by atoms with Gasteiger partial charge < -0.3 is 14.8 Å². The van der Waals surface area contributed by atoms with Gasteiger partial charge in [0, 0.05) is 20.0 Å². The summed E-state index contributed by atoms with van der Waals surface area (Å²) in [7, 11) is 1.74. The molecule has 1 heterocycles. The summed E-state index contributed by atoms with van der Waals surface area (Å²) in [5, 5.41) is 3.38. The van der Waals surface area contributed by atoms with E-state index in [0.717, 1.165) is 45.2 Å². The van der Waals surface area contributed by atoms with E-state index < -0.39 is 0 Å². The molecule has 1 aliphatic carbocycles. The van der Waals surface area contributed by atoms with Crippen molar-refractivity contribution < 1.29 is 14.3 Å². The molecule has 19 heavy (non-hydrogen) atoms. The van der Waals surface area contributed by atoms with Gasteiger partial charge in [-0.1, -0.05) is 0 Å². The van der Waals surface area contributed by atoms with Crippen LogP contribution < -0.4 is 5.32 Å². The third kappa shape index (κ3) is 5.11. The third-order valence-electron chi connectivity index (χ3n) is 4.37. The van der Waals surface area contributed by atoms with Crippen molar-refractivity contribution in [2.75, 3.05) is 20.2 Å². The van der Waals surface area contributed by atoms with Crippen molar-refractivity contribution in [3.8, 4) is 0 Å². The van der Waals surface area contributed by atoms with Crippen LogP contribution in [-0.2, 0) is 14.3 Å². The number of esters is 1. The zero-order chi connectivity index (χ0) is 13.5. The monoisotopic (exact) mass is 269 g/mol. The molecular formula is C15H27NO3. The van der Waals surface area contributed by atoms with Crippen molar-refractivity contribution in [1.82, 2.24) is 5.32 Å². The van der Waals surface area contributed by atoms with Crippen LogP contribution in [0.15, 0.2) is 0 Å². The number of carbonyl (C=O) groups excluding carboxylic acids is 1. The summed E-state index contributed by atoms with van der Waals surface area (Å²) in [6.07, 6.45) is 8.43.